The zero-order valence-corrected chi connectivity index (χ0v) is 22.9. The van der Waals surface area contributed by atoms with Crippen molar-refractivity contribution in [3.05, 3.63) is 22.7 Å². The van der Waals surface area contributed by atoms with Crippen molar-refractivity contribution in [3.8, 4) is 0 Å². The second kappa shape index (κ2) is 10.5. The van der Waals surface area contributed by atoms with Crippen LogP contribution in [0.25, 0.3) is 0 Å². The van der Waals surface area contributed by atoms with Crippen molar-refractivity contribution in [2.24, 2.45) is 10.2 Å². The van der Waals surface area contributed by atoms with Gasteiger partial charge in [-0.1, -0.05) is 18.3 Å². The van der Waals surface area contributed by atoms with Crippen LogP contribution in [0.2, 0.25) is 0 Å². The SMILES string of the molecule is CCC1CCc2cc(N=Nc3nnc(C(=O)OC(C)(C)C)s3)c(NS(=O)(=O)C(F)(F)F)cc2N1C(C)C. The molecule has 0 saturated carbocycles. The van der Waals surface area contributed by atoms with Crippen LogP contribution in [0.1, 0.15) is 69.7 Å². The number of ether oxygens (including phenoxy) is 1. The number of benzene rings is 1. The van der Waals surface area contributed by atoms with Gasteiger partial charge in [-0.25, -0.2) is 4.79 Å². The summed E-state index contributed by atoms with van der Waals surface area (Å²) in [5, 5.41) is 15.2. The number of fused-ring (bicyclic) bond motifs is 1. The van der Waals surface area contributed by atoms with Crippen LogP contribution < -0.4 is 9.62 Å². The third-order valence-electron chi connectivity index (χ3n) is 5.42. The van der Waals surface area contributed by atoms with Crippen molar-refractivity contribution in [1.82, 2.24) is 10.2 Å². The molecule has 37 heavy (non-hydrogen) atoms. The van der Waals surface area contributed by atoms with E-state index < -0.39 is 27.1 Å². The Morgan fingerprint density at radius 2 is 1.92 bits per heavy atom. The van der Waals surface area contributed by atoms with Crippen molar-refractivity contribution >= 4 is 49.5 Å². The molecule has 2 heterocycles. The Bertz CT molecular complexity index is 1290. The lowest BCUT2D eigenvalue weighted by Gasteiger charge is -2.42. The highest BCUT2D eigenvalue weighted by atomic mass is 32.2. The van der Waals surface area contributed by atoms with Crippen LogP contribution in [0.15, 0.2) is 22.4 Å². The van der Waals surface area contributed by atoms with Crippen LogP contribution in [0.4, 0.5) is 35.4 Å². The number of anilines is 2. The zero-order valence-electron chi connectivity index (χ0n) is 21.3. The number of halogens is 3. The van der Waals surface area contributed by atoms with Crippen molar-refractivity contribution in [1.29, 1.82) is 0 Å². The molecule has 2 aromatic rings. The normalized spacial score (nSPS) is 16.8. The minimum atomic E-state index is -5.72. The summed E-state index contributed by atoms with van der Waals surface area (Å²) in [5.41, 5.74) is -5.34. The third kappa shape index (κ3) is 6.74. The summed E-state index contributed by atoms with van der Waals surface area (Å²) in [6.07, 6.45) is 2.27. The van der Waals surface area contributed by atoms with Gasteiger partial charge in [0, 0.05) is 17.8 Å². The fourth-order valence-corrected chi connectivity index (χ4v) is 5.05. The number of esters is 1. The Hall–Kier alpha value is -2.81. The smallest absolute Gasteiger partial charge is 0.455 e. The minimum Gasteiger partial charge on any atom is -0.455 e. The number of hydrogen-bond acceptors (Lipinski definition) is 10. The van der Waals surface area contributed by atoms with Crippen molar-refractivity contribution < 1.29 is 31.1 Å². The highest BCUT2D eigenvalue weighted by molar-refractivity contribution is 7.93. The van der Waals surface area contributed by atoms with Gasteiger partial charge in [0.1, 0.15) is 11.3 Å². The molecule has 204 valence electrons. The maximum absolute atomic E-state index is 13.2. The maximum atomic E-state index is 13.2. The second-order valence-electron chi connectivity index (χ2n) is 9.74. The Morgan fingerprint density at radius 3 is 2.49 bits per heavy atom. The van der Waals surface area contributed by atoms with E-state index in [0.29, 0.717) is 12.1 Å². The number of nitrogens with zero attached hydrogens (tertiary/aromatic N) is 5. The predicted molar refractivity (Wildman–Crippen MR) is 134 cm³/mol. The molecule has 1 aromatic heterocycles. The third-order valence-corrected chi connectivity index (χ3v) is 7.31. The van der Waals surface area contributed by atoms with Crippen molar-refractivity contribution in [2.75, 3.05) is 9.62 Å². The molecule has 3 rings (SSSR count). The van der Waals surface area contributed by atoms with E-state index in [4.69, 9.17) is 4.74 Å². The van der Waals surface area contributed by atoms with Gasteiger partial charge in [0.05, 0.1) is 5.69 Å². The molecule has 1 aliphatic heterocycles. The fraction of sp³-hybridized carbons (Fsp3) is 0.591. The van der Waals surface area contributed by atoms with Gasteiger partial charge in [0.15, 0.2) is 0 Å². The molecule has 0 aliphatic carbocycles. The summed E-state index contributed by atoms with van der Waals surface area (Å²) in [6.45, 7) is 11.0. The van der Waals surface area contributed by atoms with Gasteiger partial charge in [0.2, 0.25) is 5.01 Å². The summed E-state index contributed by atoms with van der Waals surface area (Å²) in [5.74, 6) is -0.710. The monoisotopic (exact) mass is 562 g/mol. The van der Waals surface area contributed by atoms with E-state index in [1.54, 1.807) is 25.5 Å². The highest BCUT2D eigenvalue weighted by Crippen LogP contribution is 2.42. The minimum absolute atomic E-state index is 0.0243. The fourth-order valence-electron chi connectivity index (χ4n) is 3.94. The van der Waals surface area contributed by atoms with Crippen molar-refractivity contribution in [3.63, 3.8) is 0 Å². The number of hydrogen-bond donors (Lipinski definition) is 1. The molecule has 0 spiro atoms. The quantitative estimate of drug-likeness (QED) is 0.319. The first-order chi connectivity index (χ1) is 17.0. The summed E-state index contributed by atoms with van der Waals surface area (Å²) < 4.78 is 70.3. The van der Waals surface area contributed by atoms with Gasteiger partial charge in [0.25, 0.3) is 5.13 Å². The molecule has 1 atom stereocenters. The Kier molecular flexibility index (Phi) is 8.17. The number of azo groups is 1. The number of aromatic nitrogens is 2. The Balaban J connectivity index is 2.03. The summed E-state index contributed by atoms with van der Waals surface area (Å²) in [6, 6.07) is 3.06. The molecule has 0 fully saturated rings. The highest BCUT2D eigenvalue weighted by Gasteiger charge is 2.46. The van der Waals surface area contributed by atoms with Crippen LogP contribution in [0.5, 0.6) is 0 Å². The number of carbonyl (C=O) groups is 1. The first-order valence-electron chi connectivity index (χ1n) is 11.6. The molecule has 1 unspecified atom stereocenters. The van der Waals surface area contributed by atoms with E-state index >= 15 is 0 Å². The summed E-state index contributed by atoms with van der Waals surface area (Å²) >= 11 is 0.776. The Labute approximate surface area is 217 Å². The lowest BCUT2D eigenvalue weighted by molar-refractivity contribution is -0.0429. The van der Waals surface area contributed by atoms with E-state index in [9.17, 15) is 26.4 Å². The molecule has 0 bridgehead atoms. The topological polar surface area (TPSA) is 126 Å². The molecule has 1 aliphatic rings. The molecule has 1 aromatic carbocycles. The molecular formula is C22H29F3N6O4S2. The second-order valence-corrected chi connectivity index (χ2v) is 12.4. The average molecular weight is 563 g/mol. The van der Waals surface area contributed by atoms with E-state index in [2.05, 4.69) is 25.3 Å². The molecule has 0 saturated heterocycles. The molecule has 10 nitrogen and oxygen atoms in total. The van der Waals surface area contributed by atoms with E-state index in [1.807, 2.05) is 20.8 Å². The largest absolute Gasteiger partial charge is 0.516 e. The zero-order chi connectivity index (χ0) is 27.8. The lowest BCUT2D eigenvalue weighted by atomic mass is 9.92. The molecule has 15 heteroatoms. The van der Waals surface area contributed by atoms with Crippen molar-refractivity contribution in [2.45, 2.75) is 84.0 Å². The van der Waals surface area contributed by atoms with Crippen LogP contribution >= 0.6 is 11.3 Å². The van der Waals surface area contributed by atoms with Crippen LogP contribution in [0.3, 0.4) is 0 Å². The van der Waals surface area contributed by atoms with E-state index in [-0.39, 0.29) is 33.6 Å². The maximum Gasteiger partial charge on any atom is 0.516 e. The van der Waals surface area contributed by atoms with Gasteiger partial charge in [-0.2, -0.15) is 21.6 Å². The number of sulfonamides is 1. The molecule has 0 amide bonds. The van der Waals surface area contributed by atoms with Gasteiger partial charge in [-0.05, 0) is 71.6 Å². The summed E-state index contributed by atoms with van der Waals surface area (Å²) in [7, 11) is -5.72. The average Bonchev–Trinajstić information content (AvgIpc) is 3.24. The summed E-state index contributed by atoms with van der Waals surface area (Å²) in [4.78, 5) is 14.2. The number of alkyl halides is 3. The van der Waals surface area contributed by atoms with Gasteiger partial charge in [-0.3, -0.25) is 4.72 Å². The van der Waals surface area contributed by atoms with Gasteiger partial charge >= 0.3 is 21.5 Å². The number of nitrogens with one attached hydrogen (secondary N) is 1. The molecular weight excluding hydrogens is 533 g/mol. The van der Waals surface area contributed by atoms with Crippen LogP contribution in [0, 0.1) is 0 Å². The standard InChI is InChI=1S/C22H29F3N6O4S2/c1-7-14-9-8-13-10-15(26-28-20-29-27-18(36-20)19(32)35-21(4,5)6)16(11-17(13)31(14)12(2)3)30-37(33,34)22(23,24)25/h10-12,14,30H,7-9H2,1-6H3. The Morgan fingerprint density at radius 1 is 1.24 bits per heavy atom. The number of aryl methyl sites for hydroxylation is 1. The number of rotatable bonds is 7. The predicted octanol–water partition coefficient (Wildman–Crippen LogP) is 6.11. The van der Waals surface area contributed by atoms with E-state index in [1.165, 1.54) is 12.1 Å². The lowest BCUT2D eigenvalue weighted by Crippen LogP contribution is -2.43. The van der Waals surface area contributed by atoms with Crippen LogP contribution in [-0.4, -0.2) is 47.8 Å². The molecule has 0 radical (unpaired) electrons. The van der Waals surface area contributed by atoms with E-state index in [0.717, 1.165) is 29.7 Å². The first-order valence-corrected chi connectivity index (χ1v) is 13.8. The van der Waals surface area contributed by atoms with Crippen LogP contribution in [-0.2, 0) is 21.2 Å². The number of carbonyl (C=O) groups excluding carboxylic acids is 1. The first kappa shape index (κ1) is 28.8. The van der Waals surface area contributed by atoms with Gasteiger partial charge < -0.3 is 9.64 Å². The molecule has 1 N–H and O–H groups in total. The van der Waals surface area contributed by atoms with Gasteiger partial charge in [-0.15, -0.1) is 20.4 Å².